The number of methoxy groups -OCH3 is 2. The highest BCUT2D eigenvalue weighted by Gasteiger charge is 2.13. The van der Waals surface area contributed by atoms with Gasteiger partial charge in [0.1, 0.15) is 0 Å². The van der Waals surface area contributed by atoms with Gasteiger partial charge >= 0.3 is 0 Å². The van der Waals surface area contributed by atoms with Crippen molar-refractivity contribution >= 4 is 44.5 Å². The van der Waals surface area contributed by atoms with Gasteiger partial charge in [-0.3, -0.25) is 9.78 Å². The molecule has 122 valence electrons. The molecule has 1 heterocycles. The van der Waals surface area contributed by atoms with E-state index in [1.807, 2.05) is 30.3 Å². The highest BCUT2D eigenvalue weighted by atomic mass is 79.9. The minimum absolute atomic E-state index is 0.467. The number of aromatic nitrogens is 1. The lowest BCUT2D eigenvalue weighted by Gasteiger charge is -2.15. The van der Waals surface area contributed by atoms with Gasteiger partial charge in [0.25, 0.3) is 0 Å². The number of hydrogen-bond donors (Lipinski definition) is 1. The van der Waals surface area contributed by atoms with Crippen molar-refractivity contribution in [3.05, 3.63) is 52.6 Å². The van der Waals surface area contributed by atoms with Gasteiger partial charge in [-0.15, -0.1) is 0 Å². The van der Waals surface area contributed by atoms with Gasteiger partial charge in [-0.25, -0.2) is 0 Å². The van der Waals surface area contributed by atoms with Crippen LogP contribution >= 0.6 is 15.9 Å². The number of fused-ring (bicyclic) bond motifs is 1. The van der Waals surface area contributed by atoms with Crippen LogP contribution in [-0.2, 0) is 0 Å². The molecule has 5 nitrogen and oxygen atoms in total. The number of pyridine rings is 1. The smallest absolute Gasteiger partial charge is 0.162 e. The van der Waals surface area contributed by atoms with Crippen molar-refractivity contribution < 1.29 is 14.3 Å². The van der Waals surface area contributed by atoms with Gasteiger partial charge in [0, 0.05) is 27.8 Å². The van der Waals surface area contributed by atoms with Crippen LogP contribution in [0.2, 0.25) is 0 Å². The van der Waals surface area contributed by atoms with Crippen LogP contribution in [-0.4, -0.2) is 25.5 Å². The largest absolute Gasteiger partial charge is 0.493 e. The predicted octanol–water partition coefficient (Wildman–Crippen LogP) is 4.57. The van der Waals surface area contributed by atoms with E-state index in [1.54, 1.807) is 26.5 Å². The van der Waals surface area contributed by atoms with Crippen molar-refractivity contribution in [3.63, 3.8) is 0 Å². The molecule has 24 heavy (non-hydrogen) atoms. The summed E-state index contributed by atoms with van der Waals surface area (Å²) < 4.78 is 11.6. The first-order chi connectivity index (χ1) is 11.7. The third-order valence-corrected chi connectivity index (χ3v) is 4.12. The standard InChI is InChI=1S/C18H15BrN2O3/c1-23-16-7-14-15(8-17(16)24-2)20-9-11(10-22)18(14)21-13-5-3-4-12(19)6-13/h3-10H,1-2H3,(H,20,21). The first-order valence-corrected chi connectivity index (χ1v) is 7.98. The van der Waals surface area contributed by atoms with Crippen LogP contribution in [0.4, 0.5) is 11.4 Å². The van der Waals surface area contributed by atoms with Crippen LogP contribution in [0.3, 0.4) is 0 Å². The van der Waals surface area contributed by atoms with Crippen LogP contribution in [0.15, 0.2) is 47.1 Å². The number of carbonyl (C=O) groups is 1. The van der Waals surface area contributed by atoms with Crippen molar-refractivity contribution in [2.75, 3.05) is 19.5 Å². The fraction of sp³-hybridized carbons (Fsp3) is 0.111. The van der Waals surface area contributed by atoms with Crippen LogP contribution < -0.4 is 14.8 Å². The Hall–Kier alpha value is -2.60. The Morgan fingerprint density at radius 1 is 1.12 bits per heavy atom. The fourth-order valence-electron chi connectivity index (χ4n) is 2.47. The number of rotatable bonds is 5. The molecule has 6 heteroatoms. The zero-order chi connectivity index (χ0) is 17.1. The molecule has 3 aromatic rings. The lowest BCUT2D eigenvalue weighted by molar-refractivity contribution is 0.112. The monoisotopic (exact) mass is 386 g/mol. The summed E-state index contributed by atoms with van der Waals surface area (Å²) in [6.07, 6.45) is 2.32. The average Bonchev–Trinajstić information content (AvgIpc) is 2.60. The molecule has 0 spiro atoms. The van der Waals surface area contributed by atoms with Crippen molar-refractivity contribution in [2.45, 2.75) is 0 Å². The summed E-state index contributed by atoms with van der Waals surface area (Å²) in [6.45, 7) is 0. The Morgan fingerprint density at radius 2 is 1.88 bits per heavy atom. The van der Waals surface area contributed by atoms with Gasteiger partial charge < -0.3 is 14.8 Å². The van der Waals surface area contributed by atoms with E-state index in [2.05, 4.69) is 26.2 Å². The number of halogens is 1. The van der Waals surface area contributed by atoms with E-state index >= 15 is 0 Å². The number of nitrogens with zero attached hydrogens (tertiary/aromatic N) is 1. The second kappa shape index (κ2) is 6.88. The van der Waals surface area contributed by atoms with Crippen LogP contribution in [0, 0.1) is 0 Å². The maximum absolute atomic E-state index is 11.5. The summed E-state index contributed by atoms with van der Waals surface area (Å²) >= 11 is 3.44. The van der Waals surface area contributed by atoms with Gasteiger partial charge in [-0.1, -0.05) is 22.0 Å². The van der Waals surface area contributed by atoms with Crippen molar-refractivity contribution in [1.82, 2.24) is 4.98 Å². The molecule has 3 rings (SSSR count). The van der Waals surface area contributed by atoms with Crippen molar-refractivity contribution in [2.24, 2.45) is 0 Å². The van der Waals surface area contributed by atoms with Crippen molar-refractivity contribution in [1.29, 1.82) is 0 Å². The summed E-state index contributed by atoms with van der Waals surface area (Å²) in [7, 11) is 3.15. The van der Waals surface area contributed by atoms with Gasteiger partial charge in [-0.2, -0.15) is 0 Å². The SMILES string of the molecule is COc1cc2ncc(C=O)c(Nc3cccc(Br)c3)c2cc1OC. The summed E-state index contributed by atoms with van der Waals surface area (Å²) in [5.41, 5.74) is 2.70. The third-order valence-electron chi connectivity index (χ3n) is 3.62. The first-order valence-electron chi connectivity index (χ1n) is 7.18. The predicted molar refractivity (Wildman–Crippen MR) is 97.7 cm³/mol. The highest BCUT2D eigenvalue weighted by molar-refractivity contribution is 9.10. The average molecular weight is 387 g/mol. The Bertz CT molecular complexity index is 912. The minimum Gasteiger partial charge on any atom is -0.493 e. The lowest BCUT2D eigenvalue weighted by atomic mass is 10.1. The lowest BCUT2D eigenvalue weighted by Crippen LogP contribution is -1.99. The van der Waals surface area contributed by atoms with E-state index in [4.69, 9.17) is 9.47 Å². The van der Waals surface area contributed by atoms with Gasteiger partial charge in [-0.05, 0) is 24.3 Å². The Balaban J connectivity index is 2.21. The number of anilines is 2. The van der Waals surface area contributed by atoms with E-state index in [-0.39, 0.29) is 0 Å². The topological polar surface area (TPSA) is 60.5 Å². The van der Waals surface area contributed by atoms with E-state index in [0.717, 1.165) is 21.8 Å². The second-order valence-corrected chi connectivity index (χ2v) is 5.98. The molecule has 0 aliphatic carbocycles. The van der Waals surface area contributed by atoms with Gasteiger partial charge in [0.05, 0.1) is 31.0 Å². The number of benzene rings is 2. The molecule has 1 N–H and O–H groups in total. The van der Waals surface area contributed by atoms with E-state index < -0.39 is 0 Å². The van der Waals surface area contributed by atoms with Crippen LogP contribution in [0.5, 0.6) is 11.5 Å². The summed E-state index contributed by atoms with van der Waals surface area (Å²) in [5, 5.41) is 4.07. The number of hydrogen-bond acceptors (Lipinski definition) is 5. The third kappa shape index (κ3) is 3.05. The first kappa shape index (κ1) is 16.3. The molecule has 1 aromatic heterocycles. The molecule has 0 aliphatic rings. The van der Waals surface area contributed by atoms with Crippen LogP contribution in [0.1, 0.15) is 10.4 Å². The highest BCUT2D eigenvalue weighted by Crippen LogP contribution is 2.36. The zero-order valence-electron chi connectivity index (χ0n) is 13.2. The number of ether oxygens (including phenoxy) is 2. The molecule has 0 atom stereocenters. The van der Waals surface area contributed by atoms with E-state index in [9.17, 15) is 4.79 Å². The fourth-order valence-corrected chi connectivity index (χ4v) is 2.87. The number of nitrogens with one attached hydrogen (secondary N) is 1. The Morgan fingerprint density at radius 3 is 2.54 bits per heavy atom. The molecular formula is C18H15BrN2O3. The summed E-state index contributed by atoms with van der Waals surface area (Å²) in [6, 6.07) is 11.3. The van der Waals surface area contributed by atoms with Gasteiger partial charge in [0.2, 0.25) is 0 Å². The van der Waals surface area contributed by atoms with E-state index in [1.165, 1.54) is 0 Å². The normalized spacial score (nSPS) is 10.5. The molecule has 0 bridgehead atoms. The molecule has 0 amide bonds. The molecule has 0 aliphatic heterocycles. The molecule has 0 saturated heterocycles. The summed E-state index contributed by atoms with van der Waals surface area (Å²) in [5.74, 6) is 1.16. The zero-order valence-corrected chi connectivity index (χ0v) is 14.8. The molecular weight excluding hydrogens is 372 g/mol. The van der Waals surface area contributed by atoms with Gasteiger partial charge in [0.15, 0.2) is 17.8 Å². The maximum Gasteiger partial charge on any atom is 0.162 e. The second-order valence-electron chi connectivity index (χ2n) is 5.07. The minimum atomic E-state index is 0.467. The molecule has 0 radical (unpaired) electrons. The number of aldehydes is 1. The summed E-state index contributed by atoms with van der Waals surface area (Å²) in [4.78, 5) is 15.8. The maximum atomic E-state index is 11.5. The van der Waals surface area contributed by atoms with E-state index in [0.29, 0.717) is 28.3 Å². The molecule has 0 fully saturated rings. The molecule has 0 saturated carbocycles. The van der Waals surface area contributed by atoms with Crippen molar-refractivity contribution in [3.8, 4) is 11.5 Å². The van der Waals surface area contributed by atoms with Crippen LogP contribution in [0.25, 0.3) is 10.9 Å². The molecule has 2 aromatic carbocycles. The number of carbonyl (C=O) groups excluding carboxylic acids is 1. The Kier molecular flexibility index (Phi) is 4.66. The molecule has 0 unspecified atom stereocenters. The Labute approximate surface area is 147 Å². The quantitative estimate of drug-likeness (QED) is 0.650.